The van der Waals surface area contributed by atoms with Gasteiger partial charge in [0, 0.05) is 17.1 Å². The molecule has 0 spiro atoms. The third kappa shape index (κ3) is 3.35. The van der Waals surface area contributed by atoms with E-state index in [1.54, 1.807) is 7.11 Å². The highest BCUT2D eigenvalue weighted by Gasteiger charge is 2.20. The molecule has 1 aromatic carbocycles. The van der Waals surface area contributed by atoms with Crippen LogP contribution in [-0.2, 0) is 0 Å². The van der Waals surface area contributed by atoms with E-state index in [2.05, 4.69) is 18.7 Å². The number of rotatable bonds is 6. The lowest BCUT2D eigenvalue weighted by Gasteiger charge is -2.30. The first-order valence-corrected chi connectivity index (χ1v) is 6.33. The van der Waals surface area contributed by atoms with Gasteiger partial charge in [0.1, 0.15) is 5.75 Å². The van der Waals surface area contributed by atoms with Gasteiger partial charge in [-0.15, -0.1) is 0 Å². The number of hydrogen-bond donors (Lipinski definition) is 1. The molecule has 0 bridgehead atoms. The molecule has 0 aliphatic carbocycles. The van der Waals surface area contributed by atoms with Gasteiger partial charge >= 0.3 is 0 Å². The molecule has 4 heteroatoms. The highest BCUT2D eigenvalue weighted by molar-refractivity contribution is 6.30. The molecule has 0 aromatic heterocycles. The number of likely N-dealkylation sites (N-methyl/N-ethyl adjacent to an activating group) is 1. The maximum absolute atomic E-state index is 6.05. The van der Waals surface area contributed by atoms with Crippen molar-refractivity contribution in [1.29, 1.82) is 0 Å². The first-order valence-electron chi connectivity index (χ1n) is 5.95. The molecule has 1 rings (SSSR count). The standard InChI is InChI=1S/C13H21ClN2O/c1-4-16(5-2)12(9-15)11-8-10(14)6-7-13(11)17-3/h6-8,12H,4-5,9,15H2,1-3H3. The first-order chi connectivity index (χ1) is 8.17. The Morgan fingerprint density at radius 2 is 2.00 bits per heavy atom. The van der Waals surface area contributed by atoms with Crippen molar-refractivity contribution in [2.75, 3.05) is 26.7 Å². The molecule has 96 valence electrons. The fourth-order valence-electron chi connectivity index (χ4n) is 2.10. The Morgan fingerprint density at radius 3 is 2.47 bits per heavy atom. The second kappa shape index (κ2) is 6.84. The van der Waals surface area contributed by atoms with E-state index in [0.29, 0.717) is 11.6 Å². The van der Waals surface area contributed by atoms with Crippen LogP contribution in [0.5, 0.6) is 5.75 Å². The summed E-state index contributed by atoms with van der Waals surface area (Å²) in [4.78, 5) is 2.30. The highest BCUT2D eigenvalue weighted by Crippen LogP contribution is 2.31. The summed E-state index contributed by atoms with van der Waals surface area (Å²) in [6.45, 7) is 6.72. The lowest BCUT2D eigenvalue weighted by atomic mass is 10.0. The molecule has 0 amide bonds. The molecule has 1 unspecified atom stereocenters. The van der Waals surface area contributed by atoms with Crippen LogP contribution in [0.25, 0.3) is 0 Å². The van der Waals surface area contributed by atoms with Crippen molar-refractivity contribution >= 4 is 11.6 Å². The van der Waals surface area contributed by atoms with Gasteiger partial charge in [0.15, 0.2) is 0 Å². The van der Waals surface area contributed by atoms with Crippen LogP contribution in [0.2, 0.25) is 5.02 Å². The Hall–Kier alpha value is -0.770. The van der Waals surface area contributed by atoms with Crippen molar-refractivity contribution in [2.45, 2.75) is 19.9 Å². The molecule has 0 saturated heterocycles. The van der Waals surface area contributed by atoms with Crippen LogP contribution in [0.15, 0.2) is 18.2 Å². The van der Waals surface area contributed by atoms with E-state index in [9.17, 15) is 0 Å². The van der Waals surface area contributed by atoms with Crippen LogP contribution >= 0.6 is 11.6 Å². The van der Waals surface area contributed by atoms with E-state index >= 15 is 0 Å². The minimum absolute atomic E-state index is 0.152. The molecule has 1 aromatic rings. The topological polar surface area (TPSA) is 38.5 Å². The van der Waals surface area contributed by atoms with Crippen molar-refractivity contribution in [3.63, 3.8) is 0 Å². The first kappa shape index (κ1) is 14.3. The van der Waals surface area contributed by atoms with Crippen molar-refractivity contribution in [2.24, 2.45) is 5.73 Å². The van der Waals surface area contributed by atoms with Crippen molar-refractivity contribution in [3.8, 4) is 5.75 Å². The van der Waals surface area contributed by atoms with Crippen LogP contribution < -0.4 is 10.5 Å². The highest BCUT2D eigenvalue weighted by atomic mass is 35.5. The van der Waals surface area contributed by atoms with Gasteiger partial charge < -0.3 is 10.5 Å². The summed E-state index contributed by atoms with van der Waals surface area (Å²) in [5.41, 5.74) is 6.95. The van der Waals surface area contributed by atoms with E-state index in [0.717, 1.165) is 24.4 Å². The molecule has 0 aliphatic heterocycles. The van der Waals surface area contributed by atoms with E-state index in [1.807, 2.05) is 18.2 Å². The zero-order chi connectivity index (χ0) is 12.8. The number of halogens is 1. The third-order valence-electron chi connectivity index (χ3n) is 3.03. The summed E-state index contributed by atoms with van der Waals surface area (Å²) < 4.78 is 5.38. The lowest BCUT2D eigenvalue weighted by molar-refractivity contribution is 0.219. The van der Waals surface area contributed by atoms with Crippen LogP contribution in [0, 0.1) is 0 Å². The fourth-order valence-corrected chi connectivity index (χ4v) is 2.28. The largest absolute Gasteiger partial charge is 0.496 e. The zero-order valence-electron chi connectivity index (χ0n) is 10.7. The predicted octanol–water partition coefficient (Wildman–Crippen LogP) is 2.69. The summed E-state index contributed by atoms with van der Waals surface area (Å²) in [7, 11) is 1.67. The van der Waals surface area contributed by atoms with E-state index in [1.165, 1.54) is 0 Å². The van der Waals surface area contributed by atoms with Crippen LogP contribution in [0.1, 0.15) is 25.5 Å². The normalized spacial score (nSPS) is 12.8. The summed E-state index contributed by atoms with van der Waals surface area (Å²) in [5, 5.41) is 0.714. The molecule has 0 saturated carbocycles. The average Bonchev–Trinajstić information content (AvgIpc) is 2.35. The number of benzene rings is 1. The SMILES string of the molecule is CCN(CC)C(CN)c1cc(Cl)ccc1OC. The number of nitrogens with two attached hydrogens (primary N) is 1. The van der Waals surface area contributed by atoms with E-state index in [-0.39, 0.29) is 6.04 Å². The molecule has 3 nitrogen and oxygen atoms in total. The zero-order valence-corrected chi connectivity index (χ0v) is 11.5. The molecule has 0 heterocycles. The predicted molar refractivity (Wildman–Crippen MR) is 72.7 cm³/mol. The Kier molecular flexibility index (Phi) is 5.75. The van der Waals surface area contributed by atoms with Gasteiger partial charge in [0.05, 0.1) is 13.2 Å². The van der Waals surface area contributed by atoms with E-state index in [4.69, 9.17) is 22.1 Å². The third-order valence-corrected chi connectivity index (χ3v) is 3.26. The average molecular weight is 257 g/mol. The maximum Gasteiger partial charge on any atom is 0.123 e. The number of ether oxygens (including phenoxy) is 1. The summed E-state index contributed by atoms with van der Waals surface area (Å²) in [5.74, 6) is 0.844. The van der Waals surface area contributed by atoms with Gasteiger partial charge in [0.25, 0.3) is 0 Å². The molecule has 2 N–H and O–H groups in total. The molecule has 1 atom stereocenters. The molecule has 17 heavy (non-hydrogen) atoms. The van der Waals surface area contributed by atoms with E-state index < -0.39 is 0 Å². The summed E-state index contributed by atoms with van der Waals surface area (Å²) >= 11 is 6.05. The maximum atomic E-state index is 6.05. The Labute approximate surface area is 109 Å². The second-order valence-corrected chi connectivity index (χ2v) is 4.30. The summed E-state index contributed by atoms with van der Waals surface area (Å²) in [6.07, 6.45) is 0. The molecule has 0 fully saturated rings. The second-order valence-electron chi connectivity index (χ2n) is 3.86. The molecule has 0 aliphatic rings. The minimum Gasteiger partial charge on any atom is -0.496 e. The lowest BCUT2D eigenvalue weighted by Crippen LogP contribution is -2.33. The Morgan fingerprint density at radius 1 is 1.35 bits per heavy atom. The monoisotopic (exact) mass is 256 g/mol. The van der Waals surface area contributed by atoms with Crippen molar-refractivity contribution in [1.82, 2.24) is 4.90 Å². The Bertz CT molecular complexity index is 353. The van der Waals surface area contributed by atoms with Gasteiger partial charge in [-0.2, -0.15) is 0 Å². The number of nitrogens with zero attached hydrogens (tertiary/aromatic N) is 1. The van der Waals surface area contributed by atoms with Crippen LogP contribution in [-0.4, -0.2) is 31.6 Å². The number of hydrogen-bond acceptors (Lipinski definition) is 3. The number of methoxy groups -OCH3 is 1. The van der Waals surface area contributed by atoms with Crippen molar-refractivity contribution < 1.29 is 4.74 Å². The molecule has 0 radical (unpaired) electrons. The van der Waals surface area contributed by atoms with Gasteiger partial charge in [-0.3, -0.25) is 4.90 Å². The molecular formula is C13H21ClN2O. The van der Waals surface area contributed by atoms with Crippen LogP contribution in [0.4, 0.5) is 0 Å². The Balaban J connectivity index is 3.13. The van der Waals surface area contributed by atoms with Gasteiger partial charge in [0.2, 0.25) is 0 Å². The molecular weight excluding hydrogens is 236 g/mol. The quantitative estimate of drug-likeness (QED) is 0.851. The fraction of sp³-hybridized carbons (Fsp3) is 0.538. The van der Waals surface area contributed by atoms with Crippen molar-refractivity contribution in [3.05, 3.63) is 28.8 Å². The van der Waals surface area contributed by atoms with Crippen LogP contribution in [0.3, 0.4) is 0 Å². The smallest absolute Gasteiger partial charge is 0.123 e. The summed E-state index contributed by atoms with van der Waals surface area (Å²) in [6, 6.07) is 5.82. The van der Waals surface area contributed by atoms with Gasteiger partial charge in [-0.25, -0.2) is 0 Å². The minimum atomic E-state index is 0.152. The van der Waals surface area contributed by atoms with Gasteiger partial charge in [-0.05, 0) is 31.3 Å². The van der Waals surface area contributed by atoms with Gasteiger partial charge in [-0.1, -0.05) is 25.4 Å².